The van der Waals surface area contributed by atoms with E-state index in [9.17, 15) is 18.0 Å². The third kappa shape index (κ3) is 3.64. The van der Waals surface area contributed by atoms with Crippen molar-refractivity contribution in [1.82, 2.24) is 10.2 Å². The average Bonchev–Trinajstić information content (AvgIpc) is 2.11. The molecule has 0 aromatic heterocycles. The molecule has 0 aromatic rings. The van der Waals surface area contributed by atoms with Gasteiger partial charge >= 0.3 is 6.18 Å². The van der Waals surface area contributed by atoms with Crippen LogP contribution < -0.4 is 11.1 Å². The van der Waals surface area contributed by atoms with Crippen LogP contribution in [0.25, 0.3) is 0 Å². The summed E-state index contributed by atoms with van der Waals surface area (Å²) >= 11 is 0. The highest BCUT2D eigenvalue weighted by Crippen LogP contribution is 2.27. The summed E-state index contributed by atoms with van der Waals surface area (Å²) in [5, 5.41) is 2.18. The fourth-order valence-corrected chi connectivity index (χ4v) is 0.735. The Balaban J connectivity index is 4.38. The average molecular weight is 241 g/mol. The number of hydrogen-bond acceptors (Lipinski definition) is 3. The third-order valence-corrected chi connectivity index (χ3v) is 2.50. The molecule has 0 rings (SSSR count). The van der Waals surface area contributed by atoms with Crippen molar-refractivity contribution < 1.29 is 18.0 Å². The first-order chi connectivity index (χ1) is 7.00. The van der Waals surface area contributed by atoms with Crippen molar-refractivity contribution in [3.05, 3.63) is 0 Å². The van der Waals surface area contributed by atoms with E-state index in [0.717, 1.165) is 0 Å². The van der Waals surface area contributed by atoms with Gasteiger partial charge in [0.25, 0.3) is 0 Å². The minimum atomic E-state index is -4.75. The second-order valence-electron chi connectivity index (χ2n) is 4.22. The topological polar surface area (TPSA) is 58.4 Å². The maximum Gasteiger partial charge on any atom is 0.415 e. The standard InChI is InChI=1S/C9H18F3N3O/c1-6(15(3)4)5-14-7(16)8(2,13)9(10,11)12/h6H,5,13H2,1-4H3,(H,14,16). The molecule has 96 valence electrons. The first kappa shape index (κ1) is 15.2. The maximum absolute atomic E-state index is 12.4. The molecular weight excluding hydrogens is 223 g/mol. The van der Waals surface area contributed by atoms with Gasteiger partial charge in [-0.2, -0.15) is 13.2 Å². The Morgan fingerprint density at radius 1 is 1.44 bits per heavy atom. The van der Waals surface area contributed by atoms with Crippen LogP contribution in [-0.2, 0) is 4.79 Å². The van der Waals surface area contributed by atoms with Gasteiger partial charge in [0, 0.05) is 12.6 Å². The summed E-state index contributed by atoms with van der Waals surface area (Å²) in [7, 11) is 3.53. The van der Waals surface area contributed by atoms with Gasteiger partial charge in [0.2, 0.25) is 5.91 Å². The second kappa shape index (κ2) is 5.01. The minimum absolute atomic E-state index is 0.0621. The first-order valence-corrected chi connectivity index (χ1v) is 4.80. The lowest BCUT2D eigenvalue weighted by molar-refractivity contribution is -0.187. The molecule has 0 spiro atoms. The summed E-state index contributed by atoms with van der Waals surface area (Å²) in [6, 6.07) is -0.0621. The Hall–Kier alpha value is -0.820. The molecule has 0 aliphatic rings. The van der Waals surface area contributed by atoms with Crippen LogP contribution in [-0.4, -0.2) is 49.2 Å². The van der Waals surface area contributed by atoms with Crippen molar-refractivity contribution in [2.75, 3.05) is 20.6 Å². The predicted octanol–water partition coefficient (Wildman–Crippen LogP) is 0.332. The lowest BCUT2D eigenvalue weighted by Gasteiger charge is -2.28. The van der Waals surface area contributed by atoms with E-state index in [2.05, 4.69) is 5.32 Å². The van der Waals surface area contributed by atoms with Gasteiger partial charge in [-0.1, -0.05) is 0 Å². The highest BCUT2D eigenvalue weighted by atomic mass is 19.4. The second-order valence-corrected chi connectivity index (χ2v) is 4.22. The SMILES string of the molecule is CC(CNC(=O)C(C)(N)C(F)(F)F)N(C)C. The molecule has 0 aromatic carbocycles. The summed E-state index contributed by atoms with van der Waals surface area (Å²) in [5.74, 6) is -1.21. The number of carbonyl (C=O) groups excluding carboxylic acids is 1. The lowest BCUT2D eigenvalue weighted by Crippen LogP contribution is -2.62. The smallest absolute Gasteiger partial charge is 0.353 e. The monoisotopic (exact) mass is 241 g/mol. The summed E-state index contributed by atoms with van der Waals surface area (Å²) in [6.07, 6.45) is -4.75. The fraction of sp³-hybridized carbons (Fsp3) is 0.889. The first-order valence-electron chi connectivity index (χ1n) is 4.80. The maximum atomic E-state index is 12.4. The van der Waals surface area contributed by atoms with Gasteiger partial charge in [-0.25, -0.2) is 0 Å². The number of halogens is 3. The number of hydrogen-bond donors (Lipinski definition) is 2. The van der Waals surface area contributed by atoms with Gasteiger partial charge in [-0.3, -0.25) is 4.79 Å². The molecule has 2 atom stereocenters. The number of amides is 1. The van der Waals surface area contributed by atoms with E-state index in [1.807, 2.05) is 0 Å². The summed E-state index contributed by atoms with van der Waals surface area (Å²) in [5.41, 5.74) is 2.10. The van der Waals surface area contributed by atoms with Gasteiger partial charge in [0.1, 0.15) is 0 Å². The van der Waals surface area contributed by atoms with Crippen molar-refractivity contribution in [3.8, 4) is 0 Å². The number of nitrogens with zero attached hydrogens (tertiary/aromatic N) is 1. The fourth-order valence-electron chi connectivity index (χ4n) is 0.735. The van der Waals surface area contributed by atoms with Crippen molar-refractivity contribution >= 4 is 5.91 Å². The number of nitrogens with one attached hydrogen (secondary N) is 1. The Morgan fingerprint density at radius 2 is 1.88 bits per heavy atom. The van der Waals surface area contributed by atoms with Crippen LogP contribution in [0, 0.1) is 0 Å². The summed E-state index contributed by atoms with van der Waals surface area (Å²) in [6.45, 7) is 2.55. The number of nitrogens with two attached hydrogens (primary N) is 1. The van der Waals surface area contributed by atoms with Crippen LogP contribution in [0.3, 0.4) is 0 Å². The van der Waals surface area contributed by atoms with Crippen molar-refractivity contribution in [2.24, 2.45) is 5.73 Å². The van der Waals surface area contributed by atoms with Crippen molar-refractivity contribution in [2.45, 2.75) is 31.6 Å². The summed E-state index contributed by atoms with van der Waals surface area (Å²) in [4.78, 5) is 13.0. The highest BCUT2D eigenvalue weighted by Gasteiger charge is 2.53. The molecule has 4 nitrogen and oxygen atoms in total. The van der Waals surface area contributed by atoms with Gasteiger partial charge < -0.3 is 16.0 Å². The van der Waals surface area contributed by atoms with Crippen LogP contribution in [0.1, 0.15) is 13.8 Å². The minimum Gasteiger partial charge on any atom is -0.353 e. The lowest BCUT2D eigenvalue weighted by atomic mass is 10.0. The van der Waals surface area contributed by atoms with Gasteiger partial charge in [0.15, 0.2) is 5.54 Å². The van der Waals surface area contributed by atoms with Crippen LogP contribution in [0.2, 0.25) is 0 Å². The van der Waals surface area contributed by atoms with Crippen molar-refractivity contribution in [3.63, 3.8) is 0 Å². The van der Waals surface area contributed by atoms with E-state index in [0.29, 0.717) is 6.92 Å². The molecule has 0 saturated carbocycles. The van der Waals surface area contributed by atoms with E-state index in [1.165, 1.54) is 0 Å². The molecule has 2 unspecified atom stereocenters. The van der Waals surface area contributed by atoms with E-state index in [1.54, 1.807) is 25.9 Å². The van der Waals surface area contributed by atoms with E-state index < -0.39 is 17.6 Å². The molecule has 3 N–H and O–H groups in total. The predicted molar refractivity (Wildman–Crippen MR) is 54.8 cm³/mol. The molecule has 1 amide bonds. The number of carbonyl (C=O) groups is 1. The van der Waals surface area contributed by atoms with Gasteiger partial charge in [-0.05, 0) is 27.9 Å². The zero-order valence-electron chi connectivity index (χ0n) is 9.85. The Labute approximate surface area is 93.0 Å². The normalized spacial score (nSPS) is 18.1. The molecule has 0 fully saturated rings. The Kier molecular flexibility index (Phi) is 4.75. The quantitative estimate of drug-likeness (QED) is 0.746. The molecule has 0 radical (unpaired) electrons. The number of alkyl halides is 3. The number of rotatable bonds is 4. The Morgan fingerprint density at radius 3 is 2.19 bits per heavy atom. The molecular formula is C9H18F3N3O. The van der Waals surface area contributed by atoms with Crippen LogP contribution in [0.15, 0.2) is 0 Å². The highest BCUT2D eigenvalue weighted by molar-refractivity contribution is 5.86. The zero-order valence-corrected chi connectivity index (χ0v) is 9.85. The number of likely N-dealkylation sites (N-methyl/N-ethyl adjacent to an activating group) is 1. The third-order valence-electron chi connectivity index (χ3n) is 2.50. The zero-order chi connectivity index (χ0) is 13.1. The van der Waals surface area contributed by atoms with Crippen LogP contribution in [0.4, 0.5) is 13.2 Å². The molecule has 0 bridgehead atoms. The van der Waals surface area contributed by atoms with E-state index in [-0.39, 0.29) is 12.6 Å². The molecule has 0 aliphatic heterocycles. The van der Waals surface area contributed by atoms with Crippen LogP contribution in [0.5, 0.6) is 0 Å². The molecule has 16 heavy (non-hydrogen) atoms. The van der Waals surface area contributed by atoms with Gasteiger partial charge in [-0.15, -0.1) is 0 Å². The molecule has 0 heterocycles. The molecule has 0 aliphatic carbocycles. The molecule has 0 saturated heterocycles. The largest absolute Gasteiger partial charge is 0.415 e. The van der Waals surface area contributed by atoms with Crippen molar-refractivity contribution in [1.29, 1.82) is 0 Å². The van der Waals surface area contributed by atoms with E-state index in [4.69, 9.17) is 5.73 Å². The van der Waals surface area contributed by atoms with Gasteiger partial charge in [0.05, 0.1) is 0 Å². The van der Waals surface area contributed by atoms with Crippen LogP contribution >= 0.6 is 0 Å². The summed E-state index contributed by atoms with van der Waals surface area (Å²) < 4.78 is 37.1. The van der Waals surface area contributed by atoms with E-state index >= 15 is 0 Å². The Bertz CT molecular complexity index is 251. The molecule has 7 heteroatoms.